The zero-order valence-corrected chi connectivity index (χ0v) is 13.5. The number of carbonyl (C=O) groups excluding carboxylic acids is 2. The van der Waals surface area contributed by atoms with Crippen LogP contribution in [0.15, 0.2) is 24.4 Å². The molecule has 1 aromatic carbocycles. The number of anilines is 1. The SMILES string of the molecule is Cc1cc(N2C[C@H](C)n3ncc(C(N)=O)c3C2=O)ccc1C(F)(F)F. The van der Waals surface area contributed by atoms with Crippen LogP contribution in [-0.2, 0) is 6.18 Å². The van der Waals surface area contributed by atoms with Gasteiger partial charge in [-0.15, -0.1) is 0 Å². The lowest BCUT2D eigenvalue weighted by atomic mass is 10.0. The number of carbonyl (C=O) groups is 2. The molecule has 0 saturated carbocycles. The summed E-state index contributed by atoms with van der Waals surface area (Å²) in [4.78, 5) is 25.6. The van der Waals surface area contributed by atoms with E-state index in [-0.39, 0.29) is 29.4 Å². The highest BCUT2D eigenvalue weighted by Gasteiger charge is 2.36. The van der Waals surface area contributed by atoms with Crippen molar-refractivity contribution in [2.24, 2.45) is 5.73 Å². The quantitative estimate of drug-likeness (QED) is 0.902. The largest absolute Gasteiger partial charge is 0.416 e. The Labute approximate surface area is 141 Å². The molecular formula is C16H15F3N4O2. The zero-order chi connectivity index (χ0) is 18.5. The van der Waals surface area contributed by atoms with Crippen LogP contribution >= 0.6 is 0 Å². The minimum atomic E-state index is -4.46. The molecule has 1 atom stereocenters. The zero-order valence-electron chi connectivity index (χ0n) is 13.5. The number of aromatic nitrogens is 2. The number of halogens is 3. The third-order valence-electron chi connectivity index (χ3n) is 4.20. The molecule has 1 aliphatic rings. The Morgan fingerprint density at radius 2 is 2.04 bits per heavy atom. The van der Waals surface area contributed by atoms with Gasteiger partial charge in [-0.1, -0.05) is 0 Å². The summed E-state index contributed by atoms with van der Waals surface area (Å²) < 4.78 is 40.2. The molecule has 0 bridgehead atoms. The summed E-state index contributed by atoms with van der Waals surface area (Å²) in [5.74, 6) is -1.31. The first kappa shape index (κ1) is 17.0. The molecule has 3 rings (SSSR count). The molecule has 0 spiro atoms. The van der Waals surface area contributed by atoms with E-state index in [0.717, 1.165) is 6.07 Å². The van der Waals surface area contributed by atoms with E-state index in [0.29, 0.717) is 5.69 Å². The summed E-state index contributed by atoms with van der Waals surface area (Å²) in [5, 5.41) is 4.02. The van der Waals surface area contributed by atoms with E-state index in [9.17, 15) is 22.8 Å². The molecule has 0 radical (unpaired) electrons. The smallest absolute Gasteiger partial charge is 0.365 e. The summed E-state index contributed by atoms with van der Waals surface area (Å²) >= 11 is 0. The van der Waals surface area contributed by atoms with E-state index in [1.165, 1.54) is 34.8 Å². The molecule has 9 heteroatoms. The number of rotatable bonds is 2. The minimum absolute atomic E-state index is 0.00909. The van der Waals surface area contributed by atoms with E-state index in [2.05, 4.69) is 5.10 Å². The van der Waals surface area contributed by atoms with Crippen molar-refractivity contribution in [1.29, 1.82) is 0 Å². The van der Waals surface area contributed by atoms with Gasteiger partial charge in [-0.05, 0) is 37.6 Å². The van der Waals surface area contributed by atoms with Crippen molar-refractivity contribution in [3.8, 4) is 0 Å². The van der Waals surface area contributed by atoms with Gasteiger partial charge in [0.1, 0.15) is 5.69 Å². The normalized spacial score (nSPS) is 17.6. The molecule has 2 heterocycles. The maximum Gasteiger partial charge on any atom is 0.416 e. The number of fused-ring (bicyclic) bond motifs is 1. The van der Waals surface area contributed by atoms with Gasteiger partial charge >= 0.3 is 6.18 Å². The van der Waals surface area contributed by atoms with Gasteiger partial charge in [0.2, 0.25) is 0 Å². The maximum atomic E-state index is 12.9. The van der Waals surface area contributed by atoms with E-state index in [1.54, 1.807) is 6.92 Å². The van der Waals surface area contributed by atoms with Crippen LogP contribution in [0.25, 0.3) is 0 Å². The van der Waals surface area contributed by atoms with Crippen molar-refractivity contribution >= 4 is 17.5 Å². The van der Waals surface area contributed by atoms with Crippen LogP contribution < -0.4 is 10.6 Å². The third-order valence-corrected chi connectivity index (χ3v) is 4.20. The second-order valence-electron chi connectivity index (χ2n) is 5.98. The average Bonchev–Trinajstić information content (AvgIpc) is 2.95. The Balaban J connectivity index is 2.05. The van der Waals surface area contributed by atoms with Gasteiger partial charge in [-0.25, -0.2) is 0 Å². The van der Waals surface area contributed by atoms with Crippen LogP contribution in [0.4, 0.5) is 18.9 Å². The molecule has 2 aromatic rings. The Morgan fingerprint density at radius 3 is 2.60 bits per heavy atom. The summed E-state index contributed by atoms with van der Waals surface area (Å²) in [6, 6.07) is 3.24. The van der Waals surface area contributed by atoms with Crippen molar-refractivity contribution in [2.75, 3.05) is 11.4 Å². The lowest BCUT2D eigenvalue weighted by Gasteiger charge is -2.32. The van der Waals surface area contributed by atoms with Crippen molar-refractivity contribution < 1.29 is 22.8 Å². The van der Waals surface area contributed by atoms with E-state index in [4.69, 9.17) is 5.73 Å². The Morgan fingerprint density at radius 1 is 1.36 bits per heavy atom. The Hall–Kier alpha value is -2.84. The van der Waals surface area contributed by atoms with Crippen molar-refractivity contribution in [3.63, 3.8) is 0 Å². The number of amides is 2. The van der Waals surface area contributed by atoms with Gasteiger partial charge in [0, 0.05) is 12.2 Å². The van der Waals surface area contributed by atoms with Crippen LogP contribution in [0.1, 0.15) is 44.9 Å². The molecule has 0 aliphatic carbocycles. The predicted molar refractivity (Wildman–Crippen MR) is 83.3 cm³/mol. The fourth-order valence-corrected chi connectivity index (χ4v) is 3.00. The first-order chi connectivity index (χ1) is 11.6. The second-order valence-corrected chi connectivity index (χ2v) is 5.98. The van der Waals surface area contributed by atoms with Crippen LogP contribution in [0, 0.1) is 6.92 Å². The van der Waals surface area contributed by atoms with Crippen LogP contribution in [0.2, 0.25) is 0 Å². The number of hydrogen-bond acceptors (Lipinski definition) is 3. The van der Waals surface area contributed by atoms with E-state index in [1.807, 2.05) is 0 Å². The first-order valence-corrected chi connectivity index (χ1v) is 7.48. The number of alkyl halides is 3. The van der Waals surface area contributed by atoms with Gasteiger partial charge in [-0.2, -0.15) is 18.3 Å². The molecule has 1 aromatic heterocycles. The molecular weight excluding hydrogens is 337 g/mol. The highest BCUT2D eigenvalue weighted by molar-refractivity contribution is 6.12. The maximum absolute atomic E-state index is 12.9. The number of benzene rings is 1. The fourth-order valence-electron chi connectivity index (χ4n) is 3.00. The van der Waals surface area contributed by atoms with Crippen LogP contribution in [0.3, 0.4) is 0 Å². The highest BCUT2D eigenvalue weighted by atomic mass is 19.4. The van der Waals surface area contributed by atoms with Crippen LogP contribution in [0.5, 0.6) is 0 Å². The number of nitrogens with zero attached hydrogens (tertiary/aromatic N) is 3. The molecule has 6 nitrogen and oxygen atoms in total. The summed E-state index contributed by atoms with van der Waals surface area (Å²) in [5.41, 5.74) is 4.90. The fraction of sp³-hybridized carbons (Fsp3) is 0.312. The van der Waals surface area contributed by atoms with Crippen molar-refractivity contribution in [1.82, 2.24) is 9.78 Å². The summed E-state index contributed by atoms with van der Waals surface area (Å²) in [6.45, 7) is 3.34. The lowest BCUT2D eigenvalue weighted by Crippen LogP contribution is -2.43. The van der Waals surface area contributed by atoms with Gasteiger partial charge in [0.15, 0.2) is 0 Å². The number of hydrogen-bond donors (Lipinski definition) is 1. The van der Waals surface area contributed by atoms with E-state index < -0.39 is 23.6 Å². The van der Waals surface area contributed by atoms with Gasteiger partial charge in [0.25, 0.3) is 11.8 Å². The molecule has 132 valence electrons. The van der Waals surface area contributed by atoms with E-state index >= 15 is 0 Å². The molecule has 2 amide bonds. The number of primary amides is 1. The average molecular weight is 352 g/mol. The molecule has 0 saturated heterocycles. The first-order valence-electron chi connectivity index (χ1n) is 7.48. The molecule has 0 unspecified atom stereocenters. The van der Waals surface area contributed by atoms with Crippen molar-refractivity contribution in [2.45, 2.75) is 26.1 Å². The van der Waals surface area contributed by atoms with Gasteiger partial charge < -0.3 is 10.6 Å². The monoisotopic (exact) mass is 352 g/mol. The number of aryl methyl sites for hydroxylation is 1. The summed E-state index contributed by atoms with van der Waals surface area (Å²) in [7, 11) is 0. The molecule has 2 N–H and O–H groups in total. The standard InChI is InChI=1S/C16H15F3N4O2/c1-8-5-10(3-4-12(8)16(17,18)19)22-7-9(2)23-13(15(22)25)11(6-21-23)14(20)24/h3-6,9H,7H2,1-2H3,(H2,20,24)/t9-/m0/s1. The Bertz CT molecular complexity index is 873. The van der Waals surface area contributed by atoms with Crippen molar-refractivity contribution in [3.05, 3.63) is 46.8 Å². The predicted octanol–water partition coefficient (Wildman–Crippen LogP) is 2.53. The second kappa shape index (κ2) is 5.61. The van der Waals surface area contributed by atoms with Gasteiger partial charge in [-0.3, -0.25) is 14.3 Å². The number of nitrogens with two attached hydrogens (primary N) is 1. The summed E-state index contributed by atoms with van der Waals surface area (Å²) in [6.07, 6.45) is -3.23. The van der Waals surface area contributed by atoms with Gasteiger partial charge in [0.05, 0.1) is 23.4 Å². The third kappa shape index (κ3) is 2.75. The lowest BCUT2D eigenvalue weighted by molar-refractivity contribution is -0.138. The highest BCUT2D eigenvalue weighted by Crippen LogP contribution is 2.35. The molecule has 1 aliphatic heterocycles. The Kier molecular flexibility index (Phi) is 3.81. The minimum Gasteiger partial charge on any atom is -0.365 e. The molecule has 0 fully saturated rings. The molecule has 25 heavy (non-hydrogen) atoms. The van der Waals surface area contributed by atoms with Crippen LogP contribution in [-0.4, -0.2) is 28.1 Å². The topological polar surface area (TPSA) is 81.2 Å².